The van der Waals surface area contributed by atoms with Gasteiger partial charge < -0.3 is 21.1 Å². The van der Waals surface area contributed by atoms with Crippen LogP contribution in [-0.2, 0) is 14.6 Å². The number of carbonyl (C=O) groups excluding carboxylic acids is 1. The summed E-state index contributed by atoms with van der Waals surface area (Å²) in [6, 6.07) is 21.1. The number of para-hydroxylation sites is 1. The zero-order chi connectivity index (χ0) is 25.5. The highest BCUT2D eigenvalue weighted by molar-refractivity contribution is 7.91. The number of sulfone groups is 1. The minimum atomic E-state index is -4.16. The third-order valence-corrected chi connectivity index (χ3v) is 7.95. The maximum Gasteiger partial charge on any atom is 0.305 e. The third kappa shape index (κ3) is 5.92. The van der Waals surface area contributed by atoms with Crippen molar-refractivity contribution in [2.75, 3.05) is 17.2 Å². The Balaban J connectivity index is 1.61. The molecule has 0 saturated heterocycles. The fourth-order valence-corrected chi connectivity index (χ4v) is 5.91. The van der Waals surface area contributed by atoms with Crippen LogP contribution in [0.2, 0.25) is 0 Å². The van der Waals surface area contributed by atoms with Gasteiger partial charge in [0.05, 0.1) is 22.8 Å². The summed E-state index contributed by atoms with van der Waals surface area (Å²) < 4.78 is 27.3. The molecule has 9 heteroatoms. The van der Waals surface area contributed by atoms with E-state index in [1.165, 1.54) is 12.1 Å². The molecular weight excluding hydrogens is 478 g/mol. The summed E-state index contributed by atoms with van der Waals surface area (Å²) in [6.07, 6.45) is 3.48. The molecule has 4 N–H and O–H groups in total. The molecule has 36 heavy (non-hydrogen) atoms. The zero-order valence-electron chi connectivity index (χ0n) is 19.5. The summed E-state index contributed by atoms with van der Waals surface area (Å²) in [5.41, 5.74) is 1.51. The maximum absolute atomic E-state index is 13.6. The van der Waals surface area contributed by atoms with E-state index in [1.807, 2.05) is 6.07 Å². The van der Waals surface area contributed by atoms with E-state index in [0.29, 0.717) is 11.1 Å². The predicted molar refractivity (Wildman–Crippen MR) is 138 cm³/mol. The standard InChI is InChI=1S/C27H27N3O5S/c31-26(32)18-24(19-9-2-1-3-10-19)36(34,35)23-14-5-4-13-22(23)30-27(33)20-11-8-12-21(17-20)29-25-15-6-7-16-28-25/h1-5,8-15,17,24,28-29H,6-7,16,18H2,(H,30,33)(H,31,32). The van der Waals surface area contributed by atoms with Crippen molar-refractivity contribution in [2.24, 2.45) is 0 Å². The number of hydrogen-bond acceptors (Lipinski definition) is 6. The maximum atomic E-state index is 13.6. The zero-order valence-corrected chi connectivity index (χ0v) is 20.3. The summed E-state index contributed by atoms with van der Waals surface area (Å²) in [5.74, 6) is -0.845. The minimum absolute atomic E-state index is 0.0869. The van der Waals surface area contributed by atoms with Gasteiger partial charge in [-0.3, -0.25) is 9.59 Å². The van der Waals surface area contributed by atoms with Crippen molar-refractivity contribution in [3.63, 3.8) is 0 Å². The average Bonchev–Trinajstić information content (AvgIpc) is 2.88. The number of nitrogens with one attached hydrogen (secondary N) is 3. The highest BCUT2D eigenvalue weighted by atomic mass is 32.2. The Morgan fingerprint density at radius 3 is 2.44 bits per heavy atom. The van der Waals surface area contributed by atoms with Gasteiger partial charge in [0, 0.05) is 17.8 Å². The number of allylic oxidation sites excluding steroid dienone is 1. The topological polar surface area (TPSA) is 125 Å². The molecule has 3 aromatic carbocycles. The molecule has 186 valence electrons. The number of anilines is 2. The number of hydrogen-bond donors (Lipinski definition) is 4. The van der Waals surface area contributed by atoms with Crippen molar-refractivity contribution >= 4 is 33.1 Å². The third-order valence-electron chi connectivity index (χ3n) is 5.80. The van der Waals surface area contributed by atoms with E-state index in [1.54, 1.807) is 60.7 Å². The Kier molecular flexibility index (Phi) is 7.70. The van der Waals surface area contributed by atoms with Gasteiger partial charge in [0.15, 0.2) is 9.84 Å². The number of amides is 1. The van der Waals surface area contributed by atoms with Crippen molar-refractivity contribution in [3.8, 4) is 0 Å². The van der Waals surface area contributed by atoms with Crippen molar-refractivity contribution in [2.45, 2.75) is 29.4 Å². The van der Waals surface area contributed by atoms with E-state index in [2.05, 4.69) is 22.0 Å². The second-order valence-electron chi connectivity index (χ2n) is 8.39. The number of carbonyl (C=O) groups is 2. The van der Waals surface area contributed by atoms with Crippen LogP contribution >= 0.6 is 0 Å². The number of carboxylic acids is 1. The van der Waals surface area contributed by atoms with E-state index in [0.717, 1.165) is 30.9 Å². The van der Waals surface area contributed by atoms with Crippen LogP contribution in [0.4, 0.5) is 11.4 Å². The summed E-state index contributed by atoms with van der Waals surface area (Å²) in [7, 11) is -4.16. The van der Waals surface area contributed by atoms with Gasteiger partial charge in [-0.15, -0.1) is 0 Å². The molecular formula is C27H27N3O5S. The Morgan fingerprint density at radius 2 is 1.72 bits per heavy atom. The number of carboxylic acid groups (broad SMARTS) is 1. The van der Waals surface area contributed by atoms with Crippen molar-refractivity contribution in [1.29, 1.82) is 0 Å². The highest BCUT2D eigenvalue weighted by Crippen LogP contribution is 2.35. The molecule has 1 atom stereocenters. The molecule has 4 rings (SSSR count). The van der Waals surface area contributed by atoms with Gasteiger partial charge in [0.25, 0.3) is 5.91 Å². The molecule has 0 radical (unpaired) electrons. The van der Waals surface area contributed by atoms with Gasteiger partial charge in [-0.05, 0) is 54.8 Å². The van der Waals surface area contributed by atoms with E-state index < -0.39 is 33.4 Å². The molecule has 0 spiro atoms. The molecule has 1 unspecified atom stereocenters. The first-order chi connectivity index (χ1) is 17.3. The molecule has 0 saturated carbocycles. The highest BCUT2D eigenvalue weighted by Gasteiger charge is 2.33. The summed E-state index contributed by atoms with van der Waals surface area (Å²) in [6.45, 7) is 0.871. The molecule has 1 heterocycles. The SMILES string of the molecule is O=C(O)CC(c1ccccc1)S(=O)(=O)c1ccccc1NC(=O)c1cccc(NC2=CCCCN2)c1. The van der Waals surface area contributed by atoms with Crippen LogP contribution < -0.4 is 16.0 Å². The van der Waals surface area contributed by atoms with Crippen LogP contribution in [0.1, 0.15) is 40.4 Å². The first kappa shape index (κ1) is 25.0. The van der Waals surface area contributed by atoms with Crippen LogP contribution in [0, 0.1) is 0 Å². The summed E-state index contributed by atoms with van der Waals surface area (Å²) in [4.78, 5) is 24.5. The van der Waals surface area contributed by atoms with E-state index >= 15 is 0 Å². The van der Waals surface area contributed by atoms with Crippen LogP contribution in [0.5, 0.6) is 0 Å². The normalized spacial score (nSPS) is 14.2. The molecule has 0 bridgehead atoms. The van der Waals surface area contributed by atoms with Gasteiger partial charge in [-0.1, -0.05) is 48.5 Å². The molecule has 8 nitrogen and oxygen atoms in total. The molecule has 0 aliphatic carbocycles. The van der Waals surface area contributed by atoms with Gasteiger partial charge in [-0.25, -0.2) is 8.42 Å². The molecule has 1 amide bonds. The smallest absolute Gasteiger partial charge is 0.305 e. The lowest BCUT2D eigenvalue weighted by Gasteiger charge is -2.19. The van der Waals surface area contributed by atoms with Crippen molar-refractivity contribution in [1.82, 2.24) is 5.32 Å². The second kappa shape index (κ2) is 11.1. The Hall–Kier alpha value is -4.11. The van der Waals surface area contributed by atoms with Crippen molar-refractivity contribution in [3.05, 3.63) is 102 Å². The van der Waals surface area contributed by atoms with E-state index in [-0.39, 0.29) is 10.6 Å². The average molecular weight is 506 g/mol. The fourth-order valence-electron chi connectivity index (χ4n) is 4.03. The second-order valence-corrected chi connectivity index (χ2v) is 10.5. The van der Waals surface area contributed by atoms with E-state index in [4.69, 9.17) is 0 Å². The van der Waals surface area contributed by atoms with Crippen molar-refractivity contribution < 1.29 is 23.1 Å². The molecule has 1 aliphatic rings. The fraction of sp³-hybridized carbons (Fsp3) is 0.185. The minimum Gasteiger partial charge on any atom is -0.481 e. The first-order valence-corrected chi connectivity index (χ1v) is 13.1. The Labute approximate surface area is 210 Å². The molecule has 3 aromatic rings. The monoisotopic (exact) mass is 505 g/mol. The van der Waals surface area contributed by atoms with Crippen LogP contribution in [-0.4, -0.2) is 31.9 Å². The van der Waals surface area contributed by atoms with Crippen LogP contribution in [0.3, 0.4) is 0 Å². The number of aliphatic carboxylic acids is 1. The number of rotatable bonds is 9. The Morgan fingerprint density at radius 1 is 0.972 bits per heavy atom. The van der Waals surface area contributed by atoms with E-state index in [9.17, 15) is 23.1 Å². The van der Waals surface area contributed by atoms with Crippen LogP contribution in [0.15, 0.2) is 95.7 Å². The summed E-state index contributed by atoms with van der Waals surface area (Å²) in [5, 5.41) is 17.3. The van der Waals surface area contributed by atoms with Gasteiger partial charge in [0.1, 0.15) is 5.25 Å². The first-order valence-electron chi connectivity index (χ1n) is 11.6. The lowest BCUT2D eigenvalue weighted by atomic mass is 10.1. The van der Waals surface area contributed by atoms with Gasteiger partial charge in [0.2, 0.25) is 0 Å². The Bertz CT molecular complexity index is 1390. The molecule has 0 aromatic heterocycles. The molecule has 1 aliphatic heterocycles. The summed E-state index contributed by atoms with van der Waals surface area (Å²) >= 11 is 0. The van der Waals surface area contributed by atoms with Crippen LogP contribution in [0.25, 0.3) is 0 Å². The largest absolute Gasteiger partial charge is 0.481 e. The molecule has 0 fully saturated rings. The quantitative estimate of drug-likeness (QED) is 0.336. The van der Waals surface area contributed by atoms with Gasteiger partial charge >= 0.3 is 5.97 Å². The lowest BCUT2D eigenvalue weighted by Crippen LogP contribution is -2.24. The predicted octanol–water partition coefficient (Wildman–Crippen LogP) is 4.57. The number of benzene rings is 3. The van der Waals surface area contributed by atoms with Gasteiger partial charge in [-0.2, -0.15) is 0 Å². The lowest BCUT2D eigenvalue weighted by molar-refractivity contribution is -0.137.